The minimum atomic E-state index is 0. The Kier molecular flexibility index (Phi) is 297. The van der Waals surface area contributed by atoms with Crippen LogP contribution in [0.2, 0.25) is 0 Å². The van der Waals surface area contributed by atoms with Crippen molar-refractivity contribution in [2.75, 3.05) is 0 Å². The first-order chi connectivity index (χ1) is 1.41. The number of halogens is 3. The maximum absolute atomic E-state index is 8.46. The molecule has 2 nitrogen and oxygen atoms in total. The van der Waals surface area contributed by atoms with E-state index in [-0.39, 0.29) is 14.1 Å². The van der Waals surface area contributed by atoms with E-state index in [4.69, 9.17) is 5.26 Å². The average molecular weight is 278 g/mol. The molecule has 0 aliphatic heterocycles. The number of hydrogen-bond acceptors (Lipinski definition) is 1. The van der Waals surface area contributed by atoms with Gasteiger partial charge in [0.05, 0.1) is 0 Å². The summed E-state index contributed by atoms with van der Waals surface area (Å²) >= 11 is 0.767. The van der Waals surface area contributed by atoms with Crippen LogP contribution >= 0.6 is 0 Å². The quantitative estimate of drug-likeness (QED) is 0.462. The normalized spacial score (nSPS) is 3.00. The Morgan fingerprint density at radius 2 is 1.17 bits per heavy atom. The van der Waals surface area contributed by atoms with E-state index >= 15 is 0 Å². The second-order valence-corrected chi connectivity index (χ2v) is 0.516. The van der Waals surface area contributed by atoms with Crippen LogP contribution in [-0.2, 0) is 28.4 Å². The third kappa shape index (κ3) is 359. The van der Waals surface area contributed by atoms with Gasteiger partial charge in [0, 0.05) is 0 Å². The summed E-state index contributed by atoms with van der Waals surface area (Å²) in [6.07, 6.45) is 0. The second kappa shape index (κ2) is 54.5. The molecule has 0 aromatic rings. The molecule has 0 atom stereocenters. The third-order valence-corrected chi connectivity index (χ3v) is 0. The standard InChI is InChI=1S/3FH.O2.Re/c;;;1-2;/h3*1H;;/q;;;-1;+1. The molecule has 0 amide bonds. The molecule has 0 saturated heterocycles. The Labute approximate surface area is 43.4 Å². The van der Waals surface area contributed by atoms with E-state index in [1.54, 1.807) is 0 Å². The first kappa shape index (κ1) is 32.7. The fraction of sp³-hybridized carbons (Fsp3) is 0. The van der Waals surface area contributed by atoms with Crippen molar-refractivity contribution >= 4 is 0 Å². The fourth-order valence-corrected chi connectivity index (χ4v) is 0. The number of rotatable bonds is 0. The van der Waals surface area contributed by atoms with E-state index in [1.807, 2.05) is 0 Å². The summed E-state index contributed by atoms with van der Waals surface area (Å²) in [5.74, 6) is 0. The Balaban J connectivity index is -0.00000000667. The molecule has 6 heteroatoms. The fourth-order valence-electron chi connectivity index (χ4n) is 0. The molecule has 0 rings (SSSR count). The Hall–Kier alpha value is 0.372. The molecular formula is H3F3O2Re. The summed E-state index contributed by atoms with van der Waals surface area (Å²) in [6, 6.07) is 0. The van der Waals surface area contributed by atoms with Crippen molar-refractivity contribution in [3.63, 3.8) is 0 Å². The van der Waals surface area contributed by atoms with Gasteiger partial charge in [-0.25, -0.2) is 0 Å². The zero-order valence-corrected chi connectivity index (χ0v) is 5.14. The molecule has 0 heterocycles. The summed E-state index contributed by atoms with van der Waals surface area (Å²) in [6.45, 7) is 0. The summed E-state index contributed by atoms with van der Waals surface area (Å²) < 4.78 is 3.06. The summed E-state index contributed by atoms with van der Waals surface area (Å²) in [5, 5.41) is 8.46. The van der Waals surface area contributed by atoms with E-state index in [1.165, 1.54) is 0 Å². The minimum absolute atomic E-state index is 0. The van der Waals surface area contributed by atoms with Crippen LogP contribution in [0.3, 0.4) is 0 Å². The SMILES string of the molecule is F.F.F.[O][O][Re]. The van der Waals surface area contributed by atoms with Crippen LogP contribution in [-0.4, -0.2) is 0 Å². The van der Waals surface area contributed by atoms with Crippen LogP contribution in [0, 0.1) is 0 Å². The first-order valence-corrected chi connectivity index (χ1v) is 1.43. The van der Waals surface area contributed by atoms with Gasteiger partial charge in [0.2, 0.25) is 0 Å². The van der Waals surface area contributed by atoms with Crippen LogP contribution in [0.4, 0.5) is 14.1 Å². The molecule has 0 aromatic carbocycles. The van der Waals surface area contributed by atoms with E-state index in [0.29, 0.717) is 0 Å². The third-order valence-electron chi connectivity index (χ3n) is 0. The monoisotopic (exact) mass is 279 g/mol. The Morgan fingerprint density at radius 3 is 1.17 bits per heavy atom. The average Bonchev–Trinajstić information content (AvgIpc) is 0.918. The molecule has 0 N–H and O–H groups in total. The van der Waals surface area contributed by atoms with Crippen LogP contribution in [0.15, 0.2) is 0 Å². The summed E-state index contributed by atoms with van der Waals surface area (Å²) in [7, 11) is 0. The van der Waals surface area contributed by atoms with Crippen LogP contribution in [0.5, 0.6) is 0 Å². The molecule has 0 spiro atoms. The van der Waals surface area contributed by atoms with Gasteiger partial charge in [-0.3, -0.25) is 14.1 Å². The van der Waals surface area contributed by atoms with Gasteiger partial charge in [0.1, 0.15) is 0 Å². The predicted octanol–water partition coefficient (Wildman–Crippen LogP) is 0.268. The van der Waals surface area contributed by atoms with Crippen molar-refractivity contribution in [2.24, 2.45) is 0 Å². The molecule has 0 fully saturated rings. The van der Waals surface area contributed by atoms with Gasteiger partial charge in [0.15, 0.2) is 0 Å². The van der Waals surface area contributed by atoms with E-state index in [9.17, 15) is 0 Å². The second-order valence-electron chi connectivity index (χ2n) is 0.0630. The van der Waals surface area contributed by atoms with E-state index < -0.39 is 0 Å². The van der Waals surface area contributed by atoms with E-state index in [2.05, 4.69) is 3.61 Å². The van der Waals surface area contributed by atoms with Gasteiger partial charge in [-0.05, 0) is 0 Å². The topological polar surface area (TPSA) is 29.1 Å². The van der Waals surface area contributed by atoms with Crippen LogP contribution in [0.25, 0.3) is 0 Å². The van der Waals surface area contributed by atoms with Crippen LogP contribution in [0.1, 0.15) is 0 Å². The van der Waals surface area contributed by atoms with Crippen molar-refractivity contribution in [2.45, 2.75) is 0 Å². The van der Waals surface area contributed by atoms with Gasteiger partial charge in [0.25, 0.3) is 0 Å². The molecule has 6 heavy (non-hydrogen) atoms. The van der Waals surface area contributed by atoms with Gasteiger partial charge in [-0.2, -0.15) is 0 Å². The molecule has 0 unspecified atom stereocenters. The van der Waals surface area contributed by atoms with Gasteiger partial charge < -0.3 is 0 Å². The maximum atomic E-state index is 8.46. The molecular weight excluding hydrogens is 275 g/mol. The first-order valence-electron chi connectivity index (χ1n) is 0.321. The van der Waals surface area contributed by atoms with Crippen molar-refractivity contribution in [3.8, 4) is 0 Å². The molecule has 0 aliphatic rings. The van der Waals surface area contributed by atoms with Gasteiger partial charge in [-0.1, -0.05) is 0 Å². The molecule has 0 saturated carbocycles. The van der Waals surface area contributed by atoms with Crippen molar-refractivity contribution in [1.29, 1.82) is 0 Å². The zero-order valence-electron chi connectivity index (χ0n) is 2.42. The van der Waals surface area contributed by atoms with Crippen molar-refractivity contribution in [1.82, 2.24) is 0 Å². The molecule has 0 bridgehead atoms. The number of hydrogen-bond donors (Lipinski definition) is 0. The van der Waals surface area contributed by atoms with E-state index in [0.717, 1.165) is 19.6 Å². The molecule has 0 aromatic heterocycles. The van der Waals surface area contributed by atoms with Crippen LogP contribution < -0.4 is 0 Å². The summed E-state index contributed by atoms with van der Waals surface area (Å²) in [5.41, 5.74) is 0. The Morgan fingerprint density at radius 1 is 1.17 bits per heavy atom. The van der Waals surface area contributed by atoms with Gasteiger partial charge >= 0.3 is 28.4 Å². The van der Waals surface area contributed by atoms with Crippen molar-refractivity contribution in [3.05, 3.63) is 0 Å². The van der Waals surface area contributed by atoms with Crippen molar-refractivity contribution < 1.29 is 42.6 Å². The molecule has 43 valence electrons. The zero-order chi connectivity index (χ0) is 2.71. The predicted molar refractivity (Wildman–Crippen MR) is 9.28 cm³/mol. The van der Waals surface area contributed by atoms with Gasteiger partial charge in [-0.15, -0.1) is 0 Å². The Bertz CT molecular complexity index is 8.75. The molecule has 1 radical (unpaired) electrons. The molecule has 0 aliphatic carbocycles. The summed E-state index contributed by atoms with van der Waals surface area (Å²) in [4.78, 5) is 0.